The number of non-ortho nitro benzene ring substituents is 1. The molecule has 206 valence electrons. The quantitative estimate of drug-likeness (QED) is 0.103. The number of hydrogen-bond acceptors (Lipinski definition) is 7. The number of alkyl carbamates (subject to hydrolysis) is 1. The van der Waals surface area contributed by atoms with Crippen LogP contribution in [0, 0.1) is 10.1 Å². The Bertz CT molecular complexity index is 1650. The number of nitro benzene ring substituents is 1. The molecule has 0 bridgehead atoms. The van der Waals surface area contributed by atoms with Crippen LogP contribution >= 0.6 is 7.60 Å². The van der Waals surface area contributed by atoms with Crippen molar-refractivity contribution < 1.29 is 28.1 Å². The number of hydrogen-bond donors (Lipinski definition) is 1. The van der Waals surface area contributed by atoms with Crippen LogP contribution in [0.25, 0.3) is 10.8 Å². The highest BCUT2D eigenvalue weighted by Gasteiger charge is 2.43. The first-order valence-corrected chi connectivity index (χ1v) is 14.3. The summed E-state index contributed by atoms with van der Waals surface area (Å²) in [4.78, 5) is 24.5. The summed E-state index contributed by atoms with van der Waals surface area (Å²) >= 11 is 0. The van der Waals surface area contributed by atoms with E-state index in [0.717, 1.165) is 5.56 Å². The summed E-state index contributed by atoms with van der Waals surface area (Å²) in [6.07, 6.45) is -0.880. The van der Waals surface area contributed by atoms with Crippen LogP contribution in [0.2, 0.25) is 0 Å². The van der Waals surface area contributed by atoms with Crippen LogP contribution in [0.15, 0.2) is 127 Å². The zero-order valence-corrected chi connectivity index (χ0v) is 22.6. The summed E-state index contributed by atoms with van der Waals surface area (Å²) in [5.74, 6) is -0.943. The molecule has 0 spiro atoms. The average molecular weight is 569 g/mol. The molecule has 0 aliphatic carbocycles. The van der Waals surface area contributed by atoms with Gasteiger partial charge in [-0.15, -0.1) is 0 Å². The van der Waals surface area contributed by atoms with E-state index >= 15 is 0 Å². The Morgan fingerprint density at radius 1 is 0.732 bits per heavy atom. The Hall–Kier alpha value is -5.14. The Kier molecular flexibility index (Phi) is 8.27. The molecule has 0 heterocycles. The second-order valence-electron chi connectivity index (χ2n) is 8.93. The molecule has 1 unspecified atom stereocenters. The zero-order chi connectivity index (χ0) is 28.7. The van der Waals surface area contributed by atoms with Crippen LogP contribution in [0.1, 0.15) is 16.9 Å². The standard InChI is InChI=1S/C31H25N2O7P/c34-31(38-22-23-12-4-1-5-13-23)32-30(28-20-10-19-27-26(28)18-11-21-29(27)33(35)36)41(37,39-24-14-6-2-7-15-24)40-25-16-8-3-9-17-25/h1-21,30H,22H2,(H,32,34). The van der Waals surface area contributed by atoms with Crippen molar-refractivity contribution in [3.05, 3.63) is 149 Å². The van der Waals surface area contributed by atoms with E-state index in [4.69, 9.17) is 13.8 Å². The van der Waals surface area contributed by atoms with Gasteiger partial charge < -0.3 is 19.1 Å². The molecule has 41 heavy (non-hydrogen) atoms. The summed E-state index contributed by atoms with van der Waals surface area (Å²) < 4.78 is 32.4. The van der Waals surface area contributed by atoms with Gasteiger partial charge in [-0.25, -0.2) is 9.36 Å². The largest absolute Gasteiger partial charge is 0.457 e. The molecule has 5 aromatic carbocycles. The molecular weight excluding hydrogens is 543 g/mol. The Balaban J connectivity index is 1.61. The highest BCUT2D eigenvalue weighted by molar-refractivity contribution is 7.55. The summed E-state index contributed by atoms with van der Waals surface area (Å²) in [6.45, 7) is -0.0379. The number of ether oxygens (including phenoxy) is 1. The normalized spacial score (nSPS) is 11.8. The number of nitro groups is 1. The van der Waals surface area contributed by atoms with E-state index in [9.17, 15) is 19.5 Å². The fraction of sp³-hybridized carbons (Fsp3) is 0.0645. The summed E-state index contributed by atoms with van der Waals surface area (Å²) in [6, 6.07) is 35.2. The molecule has 0 saturated carbocycles. The van der Waals surface area contributed by atoms with Gasteiger partial charge in [0.2, 0.25) is 0 Å². The smallest absolute Gasteiger partial charge is 0.445 e. The Labute approximate surface area is 236 Å². The molecule has 9 nitrogen and oxygen atoms in total. The molecule has 0 aliphatic heterocycles. The van der Waals surface area contributed by atoms with Crippen LogP contribution < -0.4 is 14.4 Å². The van der Waals surface area contributed by atoms with Crippen molar-refractivity contribution in [2.45, 2.75) is 12.4 Å². The van der Waals surface area contributed by atoms with Crippen molar-refractivity contribution in [3.8, 4) is 11.5 Å². The van der Waals surface area contributed by atoms with Crippen LogP contribution in [0.3, 0.4) is 0 Å². The van der Waals surface area contributed by atoms with E-state index in [0.29, 0.717) is 10.8 Å². The third-order valence-electron chi connectivity index (χ3n) is 6.16. The minimum atomic E-state index is -4.37. The number of fused-ring (bicyclic) bond motifs is 1. The summed E-state index contributed by atoms with van der Waals surface area (Å²) in [5, 5.41) is 15.2. The van der Waals surface area contributed by atoms with E-state index in [-0.39, 0.29) is 29.4 Å². The van der Waals surface area contributed by atoms with E-state index in [1.54, 1.807) is 97.1 Å². The van der Waals surface area contributed by atoms with Crippen LogP contribution in [0.5, 0.6) is 11.5 Å². The zero-order valence-electron chi connectivity index (χ0n) is 21.7. The van der Waals surface area contributed by atoms with Gasteiger partial charge in [0.25, 0.3) is 5.69 Å². The van der Waals surface area contributed by atoms with Crippen LogP contribution in [0.4, 0.5) is 10.5 Å². The summed E-state index contributed by atoms with van der Waals surface area (Å²) in [7, 11) is -4.37. The second-order valence-corrected chi connectivity index (χ2v) is 10.9. The van der Waals surface area contributed by atoms with Gasteiger partial charge >= 0.3 is 13.7 Å². The van der Waals surface area contributed by atoms with E-state index in [1.165, 1.54) is 12.1 Å². The lowest BCUT2D eigenvalue weighted by molar-refractivity contribution is -0.383. The number of para-hydroxylation sites is 2. The number of rotatable bonds is 10. The number of nitrogens with one attached hydrogen (secondary N) is 1. The van der Waals surface area contributed by atoms with Crippen molar-refractivity contribution in [2.75, 3.05) is 0 Å². The molecule has 0 saturated heterocycles. The van der Waals surface area contributed by atoms with Crippen molar-refractivity contribution in [2.24, 2.45) is 0 Å². The van der Waals surface area contributed by atoms with Crippen LogP contribution in [-0.2, 0) is 15.9 Å². The lowest BCUT2D eigenvalue weighted by Gasteiger charge is -2.29. The molecular formula is C31H25N2O7P. The first-order chi connectivity index (χ1) is 19.9. The maximum Gasteiger partial charge on any atom is 0.457 e. The minimum absolute atomic E-state index is 0.0379. The molecule has 10 heteroatoms. The molecule has 0 aromatic heterocycles. The Morgan fingerprint density at radius 2 is 1.27 bits per heavy atom. The Morgan fingerprint density at radius 3 is 1.85 bits per heavy atom. The maximum absolute atomic E-state index is 14.9. The number of carbonyl (C=O) groups is 1. The van der Waals surface area contributed by atoms with Crippen molar-refractivity contribution in [1.29, 1.82) is 0 Å². The SMILES string of the molecule is O=C(NC(c1cccc2c([N+](=O)[O-])cccc12)P(=O)(Oc1ccccc1)Oc1ccccc1)OCc1ccccc1. The van der Waals surface area contributed by atoms with Crippen molar-refractivity contribution >= 4 is 30.1 Å². The molecule has 1 atom stereocenters. The molecule has 1 N–H and O–H groups in total. The van der Waals surface area contributed by atoms with Gasteiger partial charge in [0.1, 0.15) is 18.1 Å². The monoisotopic (exact) mass is 568 g/mol. The van der Waals surface area contributed by atoms with Gasteiger partial charge in [-0.3, -0.25) is 10.1 Å². The van der Waals surface area contributed by atoms with Gasteiger partial charge in [-0.05, 0) is 46.8 Å². The van der Waals surface area contributed by atoms with Gasteiger partial charge in [-0.1, -0.05) is 91.0 Å². The lowest BCUT2D eigenvalue weighted by Crippen LogP contribution is -2.31. The third kappa shape index (κ3) is 6.54. The van der Waals surface area contributed by atoms with Crippen LogP contribution in [-0.4, -0.2) is 11.0 Å². The number of benzene rings is 5. The number of nitrogens with zero attached hydrogens (tertiary/aromatic N) is 1. The highest BCUT2D eigenvalue weighted by Crippen LogP contribution is 2.60. The predicted octanol–water partition coefficient (Wildman–Crippen LogP) is 8.02. The predicted molar refractivity (Wildman–Crippen MR) is 155 cm³/mol. The van der Waals surface area contributed by atoms with E-state index < -0.39 is 24.4 Å². The first kappa shape index (κ1) is 27.4. The molecule has 5 aromatic rings. The highest BCUT2D eigenvalue weighted by atomic mass is 31.2. The molecule has 0 fully saturated rings. The average Bonchev–Trinajstić information content (AvgIpc) is 2.99. The fourth-order valence-corrected chi connectivity index (χ4v) is 6.21. The number of amides is 1. The molecule has 1 amide bonds. The fourth-order valence-electron chi connectivity index (χ4n) is 4.30. The first-order valence-electron chi connectivity index (χ1n) is 12.7. The van der Waals surface area contributed by atoms with E-state index in [1.807, 2.05) is 18.2 Å². The topological polar surface area (TPSA) is 117 Å². The van der Waals surface area contributed by atoms with E-state index in [2.05, 4.69) is 5.32 Å². The summed E-state index contributed by atoms with van der Waals surface area (Å²) in [5.41, 5.74) is 0.903. The van der Waals surface area contributed by atoms with Gasteiger partial charge in [0.05, 0.1) is 10.3 Å². The minimum Gasteiger partial charge on any atom is -0.445 e. The van der Waals surface area contributed by atoms with Crippen molar-refractivity contribution in [1.82, 2.24) is 5.32 Å². The maximum atomic E-state index is 14.9. The lowest BCUT2D eigenvalue weighted by atomic mass is 10.0. The number of carbonyl (C=O) groups excluding carboxylic acids is 1. The van der Waals surface area contributed by atoms with Gasteiger partial charge in [0.15, 0.2) is 5.78 Å². The molecule has 5 rings (SSSR count). The van der Waals surface area contributed by atoms with Gasteiger partial charge in [-0.2, -0.15) is 0 Å². The molecule has 0 radical (unpaired) electrons. The second kappa shape index (κ2) is 12.4. The van der Waals surface area contributed by atoms with Gasteiger partial charge in [0, 0.05) is 6.07 Å². The molecule has 0 aliphatic rings. The third-order valence-corrected chi connectivity index (χ3v) is 8.13. The van der Waals surface area contributed by atoms with Crippen molar-refractivity contribution in [3.63, 3.8) is 0 Å².